The van der Waals surface area contributed by atoms with Crippen molar-refractivity contribution in [1.82, 2.24) is 10.2 Å². The second-order valence-corrected chi connectivity index (χ2v) is 5.21. The first kappa shape index (κ1) is 19.5. The first-order chi connectivity index (χ1) is 11.0. The van der Waals surface area contributed by atoms with E-state index in [4.69, 9.17) is 10.2 Å². The van der Waals surface area contributed by atoms with E-state index in [1.165, 1.54) is 11.2 Å². The summed E-state index contributed by atoms with van der Waals surface area (Å²) in [5.74, 6) is 0.319. The van der Waals surface area contributed by atoms with E-state index >= 15 is 0 Å². The van der Waals surface area contributed by atoms with Crippen molar-refractivity contribution in [3.05, 3.63) is 53.5 Å². The fraction of sp³-hybridized carbons (Fsp3) is 0.250. The van der Waals surface area contributed by atoms with Crippen LogP contribution in [0.15, 0.2) is 41.0 Å². The van der Waals surface area contributed by atoms with Crippen LogP contribution in [0.1, 0.15) is 21.7 Å². The first-order valence-corrected chi connectivity index (χ1v) is 7.12. The summed E-state index contributed by atoms with van der Waals surface area (Å²) >= 11 is 0. The fourth-order valence-electron chi connectivity index (χ4n) is 1.89. The van der Waals surface area contributed by atoms with E-state index in [0.29, 0.717) is 23.6 Å². The number of halogens is 1. The van der Waals surface area contributed by atoms with Gasteiger partial charge in [0.2, 0.25) is 0 Å². The highest BCUT2D eigenvalue weighted by atomic mass is 35.5. The lowest BCUT2D eigenvalue weighted by Gasteiger charge is -2.12. The minimum absolute atomic E-state index is 0. The molecular weight excluding hydrogens is 332 g/mol. The van der Waals surface area contributed by atoms with Crippen molar-refractivity contribution < 1.29 is 14.0 Å². The molecule has 0 saturated carbocycles. The number of carbonyl (C=O) groups excluding carboxylic acids is 2. The second-order valence-electron chi connectivity index (χ2n) is 5.21. The molecule has 0 atom stereocenters. The molecule has 0 unspecified atom stereocenters. The normalized spacial score (nSPS) is 9.79. The minimum atomic E-state index is -0.240. The molecule has 4 N–H and O–H groups in total. The van der Waals surface area contributed by atoms with Crippen molar-refractivity contribution in [3.63, 3.8) is 0 Å². The molecule has 0 aliphatic heterocycles. The summed E-state index contributed by atoms with van der Waals surface area (Å²) in [5, 5.41) is 5.55. The highest BCUT2D eigenvalue weighted by molar-refractivity contribution is 5.94. The Morgan fingerprint density at radius 3 is 2.62 bits per heavy atom. The molecule has 0 aliphatic carbocycles. The van der Waals surface area contributed by atoms with Crippen LogP contribution in [0.25, 0.3) is 0 Å². The van der Waals surface area contributed by atoms with E-state index in [9.17, 15) is 9.59 Å². The molecule has 2 aromatic rings. The van der Waals surface area contributed by atoms with Gasteiger partial charge < -0.3 is 25.7 Å². The van der Waals surface area contributed by atoms with Gasteiger partial charge in [0.05, 0.1) is 12.1 Å². The Morgan fingerprint density at radius 1 is 1.25 bits per heavy atom. The smallest absolute Gasteiger partial charge is 0.321 e. The number of rotatable bonds is 5. The maximum absolute atomic E-state index is 12.0. The van der Waals surface area contributed by atoms with Crippen LogP contribution >= 0.6 is 12.4 Å². The Labute approximate surface area is 146 Å². The third kappa shape index (κ3) is 5.29. The summed E-state index contributed by atoms with van der Waals surface area (Å²) in [6.45, 7) is 0.592. The molecule has 130 valence electrons. The average molecular weight is 353 g/mol. The molecule has 8 heteroatoms. The summed E-state index contributed by atoms with van der Waals surface area (Å²) < 4.78 is 5.13. The Hall–Kier alpha value is -2.51. The average Bonchev–Trinajstić information content (AvgIpc) is 3.02. The maximum atomic E-state index is 12.0. The van der Waals surface area contributed by atoms with Gasteiger partial charge in [0.15, 0.2) is 0 Å². The van der Waals surface area contributed by atoms with E-state index in [0.717, 1.165) is 5.56 Å². The third-order valence-electron chi connectivity index (χ3n) is 3.15. The quantitative estimate of drug-likeness (QED) is 0.767. The fourth-order valence-corrected chi connectivity index (χ4v) is 1.89. The van der Waals surface area contributed by atoms with Gasteiger partial charge in [-0.05, 0) is 23.8 Å². The number of carbonyl (C=O) groups is 2. The topological polar surface area (TPSA) is 101 Å². The Bertz CT molecular complexity index is 700. The Kier molecular flexibility index (Phi) is 7.29. The number of amides is 3. The number of hydrogen-bond donors (Lipinski definition) is 3. The molecule has 3 amide bonds. The van der Waals surface area contributed by atoms with E-state index in [1.54, 1.807) is 26.2 Å². The number of benzene rings is 1. The summed E-state index contributed by atoms with van der Waals surface area (Å²) in [6, 6.07) is 8.68. The van der Waals surface area contributed by atoms with Gasteiger partial charge >= 0.3 is 6.03 Å². The SMILES string of the molecule is CN(C)C(=O)Nc1cccc(CNC(=O)c2coc(CN)c2)c1.Cl. The maximum Gasteiger partial charge on any atom is 0.321 e. The molecule has 1 aromatic carbocycles. The van der Waals surface area contributed by atoms with Crippen molar-refractivity contribution >= 4 is 30.0 Å². The van der Waals surface area contributed by atoms with Crippen LogP contribution in [0.5, 0.6) is 0 Å². The predicted molar refractivity (Wildman–Crippen MR) is 94.2 cm³/mol. The predicted octanol–water partition coefficient (Wildman–Crippen LogP) is 2.18. The molecule has 1 heterocycles. The standard InChI is InChI=1S/C16H20N4O3.ClH/c1-20(2)16(22)19-13-5-3-4-11(6-13)9-18-15(21)12-7-14(8-17)23-10-12;/h3-7,10H,8-9,17H2,1-2H3,(H,18,21)(H,19,22);1H. The van der Waals surface area contributed by atoms with Crippen molar-refractivity contribution in [2.24, 2.45) is 5.73 Å². The Morgan fingerprint density at radius 2 is 2.00 bits per heavy atom. The van der Waals surface area contributed by atoms with Gasteiger partial charge in [-0.25, -0.2) is 4.79 Å². The summed E-state index contributed by atoms with van der Waals surface area (Å²) in [6.07, 6.45) is 1.38. The molecule has 0 radical (unpaired) electrons. The lowest BCUT2D eigenvalue weighted by Crippen LogP contribution is -2.27. The molecule has 0 spiro atoms. The third-order valence-corrected chi connectivity index (χ3v) is 3.15. The van der Waals surface area contributed by atoms with Crippen LogP contribution in [0.3, 0.4) is 0 Å². The number of hydrogen-bond acceptors (Lipinski definition) is 4. The second kappa shape index (κ2) is 8.95. The van der Waals surface area contributed by atoms with Gasteiger partial charge in [-0.2, -0.15) is 0 Å². The molecular formula is C16H21ClN4O3. The van der Waals surface area contributed by atoms with Crippen LogP contribution in [0, 0.1) is 0 Å². The Balaban J connectivity index is 0.00000288. The lowest BCUT2D eigenvalue weighted by atomic mass is 10.2. The van der Waals surface area contributed by atoms with Crippen LogP contribution in [0.2, 0.25) is 0 Å². The monoisotopic (exact) mass is 352 g/mol. The van der Waals surface area contributed by atoms with Gasteiger partial charge in [0, 0.05) is 26.3 Å². The molecule has 0 saturated heterocycles. The molecule has 0 fully saturated rings. The van der Waals surface area contributed by atoms with Crippen molar-refractivity contribution in [3.8, 4) is 0 Å². The van der Waals surface area contributed by atoms with E-state index < -0.39 is 0 Å². The summed E-state index contributed by atoms with van der Waals surface area (Å²) in [4.78, 5) is 25.1. The number of furan rings is 1. The largest absolute Gasteiger partial charge is 0.467 e. The van der Waals surface area contributed by atoms with Crippen LogP contribution in [-0.2, 0) is 13.1 Å². The van der Waals surface area contributed by atoms with Gasteiger partial charge in [-0.3, -0.25) is 4.79 Å². The van der Waals surface area contributed by atoms with Crippen molar-refractivity contribution in [1.29, 1.82) is 0 Å². The highest BCUT2D eigenvalue weighted by Crippen LogP contribution is 2.12. The van der Waals surface area contributed by atoms with Crippen LogP contribution in [0.4, 0.5) is 10.5 Å². The number of nitrogens with one attached hydrogen (secondary N) is 2. The molecule has 2 rings (SSSR count). The van der Waals surface area contributed by atoms with Gasteiger partial charge in [-0.1, -0.05) is 12.1 Å². The summed E-state index contributed by atoms with van der Waals surface area (Å²) in [7, 11) is 3.33. The van der Waals surface area contributed by atoms with E-state index in [1.807, 2.05) is 18.2 Å². The minimum Gasteiger partial charge on any atom is -0.467 e. The zero-order valence-corrected chi connectivity index (χ0v) is 14.4. The first-order valence-electron chi connectivity index (χ1n) is 7.12. The number of urea groups is 1. The summed E-state index contributed by atoms with van der Waals surface area (Å²) in [5.41, 5.74) is 7.42. The molecule has 7 nitrogen and oxygen atoms in total. The number of nitrogens with zero attached hydrogens (tertiary/aromatic N) is 1. The number of nitrogens with two attached hydrogens (primary N) is 1. The zero-order chi connectivity index (χ0) is 16.8. The van der Waals surface area contributed by atoms with Gasteiger partial charge in [0.25, 0.3) is 5.91 Å². The van der Waals surface area contributed by atoms with Gasteiger partial charge in [-0.15, -0.1) is 12.4 Å². The molecule has 1 aromatic heterocycles. The lowest BCUT2D eigenvalue weighted by molar-refractivity contribution is 0.0950. The highest BCUT2D eigenvalue weighted by Gasteiger charge is 2.10. The van der Waals surface area contributed by atoms with Gasteiger partial charge in [0.1, 0.15) is 12.0 Å². The van der Waals surface area contributed by atoms with Crippen LogP contribution in [-0.4, -0.2) is 30.9 Å². The molecule has 0 aliphatic rings. The van der Waals surface area contributed by atoms with Crippen LogP contribution < -0.4 is 16.4 Å². The van der Waals surface area contributed by atoms with Crippen molar-refractivity contribution in [2.45, 2.75) is 13.1 Å². The zero-order valence-electron chi connectivity index (χ0n) is 13.5. The van der Waals surface area contributed by atoms with E-state index in [2.05, 4.69) is 10.6 Å². The van der Waals surface area contributed by atoms with E-state index in [-0.39, 0.29) is 30.9 Å². The van der Waals surface area contributed by atoms with Crippen molar-refractivity contribution in [2.75, 3.05) is 19.4 Å². The number of anilines is 1. The molecule has 24 heavy (non-hydrogen) atoms. The molecule has 0 bridgehead atoms.